The monoisotopic (exact) mass is 212 g/mol. The van der Waals surface area contributed by atoms with Crippen LogP contribution in [0, 0.1) is 0 Å². The molecule has 0 bridgehead atoms. The molecular weight excluding hydrogens is 196 g/mol. The topological polar surface area (TPSA) is 24.9 Å². The molecule has 0 unspecified atom stereocenters. The van der Waals surface area contributed by atoms with Crippen molar-refractivity contribution in [3.8, 4) is 0 Å². The summed E-state index contributed by atoms with van der Waals surface area (Å²) in [6, 6.07) is 1.95. The van der Waals surface area contributed by atoms with Crippen LogP contribution in [0.4, 0.5) is 0 Å². The fourth-order valence-corrected chi connectivity index (χ4v) is 1.19. The summed E-state index contributed by atoms with van der Waals surface area (Å²) < 4.78 is 0. The molecular formula is C11H17ClN2. The van der Waals surface area contributed by atoms with Crippen molar-refractivity contribution in [2.75, 3.05) is 0 Å². The number of hydrogen-bond donors (Lipinski definition) is 1. The molecule has 78 valence electrons. The zero-order valence-electron chi connectivity index (χ0n) is 8.97. The third-order valence-corrected chi connectivity index (χ3v) is 2.84. The Morgan fingerprint density at radius 2 is 2.21 bits per heavy atom. The molecule has 0 aliphatic carbocycles. The van der Waals surface area contributed by atoms with Crippen LogP contribution in [0.5, 0.6) is 0 Å². The van der Waals surface area contributed by atoms with Gasteiger partial charge in [-0.2, -0.15) is 0 Å². The van der Waals surface area contributed by atoms with Gasteiger partial charge < -0.3 is 5.32 Å². The van der Waals surface area contributed by atoms with Crippen molar-refractivity contribution in [1.82, 2.24) is 10.3 Å². The van der Waals surface area contributed by atoms with Crippen LogP contribution in [0.15, 0.2) is 18.5 Å². The fourth-order valence-electron chi connectivity index (χ4n) is 1.01. The first kappa shape index (κ1) is 11.5. The highest BCUT2D eigenvalue weighted by molar-refractivity contribution is 6.31. The van der Waals surface area contributed by atoms with Crippen LogP contribution in [-0.2, 0) is 6.54 Å². The van der Waals surface area contributed by atoms with E-state index in [1.807, 2.05) is 6.07 Å². The first-order chi connectivity index (χ1) is 6.55. The first-order valence-electron chi connectivity index (χ1n) is 4.88. The van der Waals surface area contributed by atoms with E-state index >= 15 is 0 Å². The van der Waals surface area contributed by atoms with E-state index < -0.39 is 0 Å². The molecule has 0 spiro atoms. The Morgan fingerprint density at radius 3 is 2.79 bits per heavy atom. The molecule has 1 heterocycles. The van der Waals surface area contributed by atoms with Crippen molar-refractivity contribution in [2.24, 2.45) is 0 Å². The van der Waals surface area contributed by atoms with Crippen molar-refractivity contribution >= 4 is 11.6 Å². The number of pyridine rings is 1. The molecule has 0 aliphatic rings. The van der Waals surface area contributed by atoms with E-state index in [1.54, 1.807) is 12.4 Å². The van der Waals surface area contributed by atoms with Crippen molar-refractivity contribution < 1.29 is 0 Å². The predicted molar refractivity (Wildman–Crippen MR) is 60.5 cm³/mol. The second kappa shape index (κ2) is 4.76. The molecule has 0 radical (unpaired) electrons. The standard InChI is InChI=1S/C11H17ClN2/c1-4-11(2,3)14-7-9-5-6-13-8-10(9)12/h5-6,8,14H,4,7H2,1-3H3. The van der Waals surface area contributed by atoms with Gasteiger partial charge in [0.25, 0.3) is 0 Å². The van der Waals surface area contributed by atoms with Crippen molar-refractivity contribution in [3.05, 3.63) is 29.0 Å². The van der Waals surface area contributed by atoms with Gasteiger partial charge in [-0.15, -0.1) is 0 Å². The van der Waals surface area contributed by atoms with Crippen LogP contribution in [0.3, 0.4) is 0 Å². The fraction of sp³-hybridized carbons (Fsp3) is 0.545. The zero-order valence-corrected chi connectivity index (χ0v) is 9.73. The van der Waals surface area contributed by atoms with Gasteiger partial charge in [0.05, 0.1) is 5.02 Å². The van der Waals surface area contributed by atoms with Crippen LogP contribution >= 0.6 is 11.6 Å². The van der Waals surface area contributed by atoms with Crippen LogP contribution in [0.25, 0.3) is 0 Å². The lowest BCUT2D eigenvalue weighted by Gasteiger charge is -2.24. The minimum Gasteiger partial charge on any atom is -0.308 e. The van der Waals surface area contributed by atoms with Crippen LogP contribution in [0.2, 0.25) is 5.02 Å². The molecule has 1 aromatic heterocycles. The summed E-state index contributed by atoms with van der Waals surface area (Å²) in [6.07, 6.45) is 4.54. The Hall–Kier alpha value is -0.600. The van der Waals surface area contributed by atoms with E-state index in [-0.39, 0.29) is 5.54 Å². The molecule has 0 aliphatic heterocycles. The molecule has 1 N–H and O–H groups in total. The molecule has 0 amide bonds. The van der Waals surface area contributed by atoms with Gasteiger partial charge in [-0.1, -0.05) is 18.5 Å². The van der Waals surface area contributed by atoms with Crippen molar-refractivity contribution in [2.45, 2.75) is 39.3 Å². The van der Waals surface area contributed by atoms with Gasteiger partial charge in [0.15, 0.2) is 0 Å². The Balaban J connectivity index is 2.58. The van der Waals surface area contributed by atoms with Gasteiger partial charge in [0, 0.05) is 24.5 Å². The quantitative estimate of drug-likeness (QED) is 0.830. The van der Waals surface area contributed by atoms with E-state index in [1.165, 1.54) is 0 Å². The SMILES string of the molecule is CCC(C)(C)NCc1ccncc1Cl. The molecule has 14 heavy (non-hydrogen) atoms. The van der Waals surface area contributed by atoms with Gasteiger partial charge >= 0.3 is 0 Å². The van der Waals surface area contributed by atoms with Crippen LogP contribution in [-0.4, -0.2) is 10.5 Å². The van der Waals surface area contributed by atoms with Gasteiger partial charge in [0.2, 0.25) is 0 Å². The summed E-state index contributed by atoms with van der Waals surface area (Å²) in [5.74, 6) is 0. The number of rotatable bonds is 4. The lowest BCUT2D eigenvalue weighted by Crippen LogP contribution is -2.37. The molecule has 1 aromatic rings. The third kappa shape index (κ3) is 3.28. The molecule has 3 heteroatoms. The van der Waals surface area contributed by atoms with Gasteiger partial charge in [-0.25, -0.2) is 0 Å². The molecule has 0 aromatic carbocycles. The van der Waals surface area contributed by atoms with E-state index in [0.717, 1.165) is 23.6 Å². The molecule has 0 saturated carbocycles. The van der Waals surface area contributed by atoms with E-state index in [4.69, 9.17) is 11.6 Å². The van der Waals surface area contributed by atoms with E-state index in [0.29, 0.717) is 0 Å². The maximum absolute atomic E-state index is 5.99. The number of aromatic nitrogens is 1. The van der Waals surface area contributed by atoms with E-state index in [2.05, 4.69) is 31.1 Å². The van der Waals surface area contributed by atoms with Crippen LogP contribution < -0.4 is 5.32 Å². The largest absolute Gasteiger partial charge is 0.308 e. The molecule has 2 nitrogen and oxygen atoms in total. The van der Waals surface area contributed by atoms with E-state index in [9.17, 15) is 0 Å². The zero-order chi connectivity index (χ0) is 10.6. The van der Waals surface area contributed by atoms with Gasteiger partial charge in [-0.3, -0.25) is 4.98 Å². The highest BCUT2D eigenvalue weighted by Gasteiger charge is 2.13. The Morgan fingerprint density at radius 1 is 1.50 bits per heavy atom. The first-order valence-corrected chi connectivity index (χ1v) is 5.26. The summed E-state index contributed by atoms with van der Waals surface area (Å²) in [5.41, 5.74) is 1.26. The average molecular weight is 213 g/mol. The highest BCUT2D eigenvalue weighted by Crippen LogP contribution is 2.15. The Bertz CT molecular complexity index is 297. The number of nitrogens with one attached hydrogen (secondary N) is 1. The van der Waals surface area contributed by atoms with Gasteiger partial charge in [-0.05, 0) is 31.9 Å². The lowest BCUT2D eigenvalue weighted by atomic mass is 10.0. The Kier molecular flexibility index (Phi) is 3.90. The summed E-state index contributed by atoms with van der Waals surface area (Å²) >= 11 is 5.99. The second-order valence-corrected chi connectivity index (χ2v) is 4.47. The predicted octanol–water partition coefficient (Wildman–Crippen LogP) is 3.01. The normalized spacial score (nSPS) is 11.7. The minimum absolute atomic E-state index is 0.159. The number of halogens is 1. The summed E-state index contributed by atoms with van der Waals surface area (Å²) in [4.78, 5) is 3.95. The van der Waals surface area contributed by atoms with Crippen molar-refractivity contribution in [3.63, 3.8) is 0 Å². The summed E-state index contributed by atoms with van der Waals surface area (Å²) in [7, 11) is 0. The lowest BCUT2D eigenvalue weighted by molar-refractivity contribution is 0.374. The average Bonchev–Trinajstić information content (AvgIpc) is 2.17. The number of nitrogens with zero attached hydrogens (tertiary/aromatic N) is 1. The summed E-state index contributed by atoms with van der Waals surface area (Å²) in [5, 5.41) is 4.18. The Labute approximate surface area is 90.7 Å². The highest BCUT2D eigenvalue weighted by atomic mass is 35.5. The maximum Gasteiger partial charge on any atom is 0.0634 e. The molecule has 1 rings (SSSR count). The van der Waals surface area contributed by atoms with Crippen molar-refractivity contribution in [1.29, 1.82) is 0 Å². The smallest absolute Gasteiger partial charge is 0.0634 e. The minimum atomic E-state index is 0.159. The van der Waals surface area contributed by atoms with Gasteiger partial charge in [0.1, 0.15) is 0 Å². The third-order valence-electron chi connectivity index (χ3n) is 2.50. The molecule has 0 saturated heterocycles. The molecule has 0 atom stereocenters. The molecule has 0 fully saturated rings. The summed E-state index contributed by atoms with van der Waals surface area (Å²) in [6.45, 7) is 7.33. The van der Waals surface area contributed by atoms with Crippen LogP contribution in [0.1, 0.15) is 32.8 Å². The number of hydrogen-bond acceptors (Lipinski definition) is 2. The maximum atomic E-state index is 5.99. The second-order valence-electron chi connectivity index (χ2n) is 4.06.